The van der Waals surface area contributed by atoms with Gasteiger partial charge in [-0.15, -0.1) is 0 Å². The van der Waals surface area contributed by atoms with Crippen molar-refractivity contribution < 1.29 is 48.3 Å². The summed E-state index contributed by atoms with van der Waals surface area (Å²) in [6.07, 6.45) is 8.12. The van der Waals surface area contributed by atoms with E-state index in [0.29, 0.717) is 55.9 Å². The highest BCUT2D eigenvalue weighted by Crippen LogP contribution is 2.68. The fourth-order valence-corrected chi connectivity index (χ4v) is 15.2. The van der Waals surface area contributed by atoms with Gasteiger partial charge in [0.2, 0.25) is 0 Å². The first-order valence-corrected chi connectivity index (χ1v) is 25.0. The monoisotopic (exact) mass is 904 g/mol. The van der Waals surface area contributed by atoms with Gasteiger partial charge < -0.3 is 34.5 Å². The van der Waals surface area contributed by atoms with Crippen LogP contribution in [0, 0.1) is 17.8 Å². The maximum Gasteiger partial charge on any atom is 0.315 e. The van der Waals surface area contributed by atoms with Crippen molar-refractivity contribution in [2.75, 3.05) is 19.6 Å². The molecule has 12 nitrogen and oxygen atoms in total. The third-order valence-electron chi connectivity index (χ3n) is 18.6. The minimum Gasteiger partial charge on any atom is -0.477 e. The molecular weight excluding hydrogens is 849 g/mol. The van der Waals surface area contributed by atoms with Crippen molar-refractivity contribution in [1.82, 2.24) is 10.2 Å². The van der Waals surface area contributed by atoms with Gasteiger partial charge >= 0.3 is 11.9 Å². The summed E-state index contributed by atoms with van der Waals surface area (Å²) >= 11 is 0. The third kappa shape index (κ3) is 5.73. The molecule has 1 saturated heterocycles. The molecule has 6 fully saturated rings. The Morgan fingerprint density at radius 3 is 1.87 bits per heavy atom. The van der Waals surface area contributed by atoms with Crippen LogP contribution < -0.4 is 24.3 Å². The summed E-state index contributed by atoms with van der Waals surface area (Å²) in [4.78, 5) is 57.1. The fourth-order valence-electron chi connectivity index (χ4n) is 15.2. The van der Waals surface area contributed by atoms with Crippen LogP contribution in [0.5, 0.6) is 23.0 Å². The average Bonchev–Trinajstić information content (AvgIpc) is 4.24. The molecule has 10 aliphatic rings. The molecule has 3 N–H and O–H groups in total. The van der Waals surface area contributed by atoms with Crippen LogP contribution >= 0.6 is 0 Å². The Bertz CT molecular complexity index is 2870. The molecule has 14 rings (SSSR count). The molecule has 9 atom stereocenters. The number of esters is 2. The first-order valence-electron chi connectivity index (χ1n) is 25.0. The number of Topliss-reactive ketones (excluding diaryl/α,β-unsaturated/α-hetero) is 2. The lowest BCUT2D eigenvalue weighted by molar-refractivity contribution is -0.188. The van der Waals surface area contributed by atoms with Gasteiger partial charge in [-0.1, -0.05) is 48.5 Å². The molecule has 7 aliphatic carbocycles. The fraction of sp³-hybridized carbons (Fsp3) is 0.527. The Morgan fingerprint density at radius 2 is 1.25 bits per heavy atom. The van der Waals surface area contributed by atoms with E-state index in [0.717, 1.165) is 76.1 Å². The predicted octanol–water partition coefficient (Wildman–Crippen LogP) is 5.70. The van der Waals surface area contributed by atoms with Crippen molar-refractivity contribution in [3.8, 4) is 23.0 Å². The molecule has 0 radical (unpaired) electrons. The summed E-state index contributed by atoms with van der Waals surface area (Å²) in [5, 5.41) is 30.9. The van der Waals surface area contributed by atoms with Gasteiger partial charge in [-0.25, -0.2) is 0 Å². The second-order valence-corrected chi connectivity index (χ2v) is 22.1. The van der Waals surface area contributed by atoms with Gasteiger partial charge in [0.15, 0.2) is 46.8 Å². The molecule has 5 saturated carbocycles. The molecule has 67 heavy (non-hydrogen) atoms. The van der Waals surface area contributed by atoms with Crippen molar-refractivity contribution in [2.45, 2.75) is 143 Å². The highest BCUT2D eigenvalue weighted by atomic mass is 16.6. The molecule has 1 unspecified atom stereocenters. The number of hydrogen-bond donors (Lipinski definition) is 3. The number of carbonyl (C=O) groups excluding carboxylic acids is 4. The lowest BCUT2D eigenvalue weighted by Gasteiger charge is -2.62. The highest BCUT2D eigenvalue weighted by molar-refractivity contribution is 5.92. The van der Waals surface area contributed by atoms with Crippen molar-refractivity contribution in [1.29, 1.82) is 0 Å². The molecule has 12 heteroatoms. The van der Waals surface area contributed by atoms with Gasteiger partial charge in [0, 0.05) is 48.5 Å². The second-order valence-electron chi connectivity index (χ2n) is 22.1. The summed E-state index contributed by atoms with van der Waals surface area (Å²) in [7, 11) is 0. The van der Waals surface area contributed by atoms with Gasteiger partial charge in [0.25, 0.3) is 0 Å². The third-order valence-corrected chi connectivity index (χ3v) is 18.6. The number of hydrogen-bond acceptors (Lipinski definition) is 12. The minimum atomic E-state index is -1.10. The van der Waals surface area contributed by atoms with Crippen LogP contribution in [0.2, 0.25) is 0 Å². The zero-order valence-corrected chi connectivity index (χ0v) is 37.7. The molecule has 4 aromatic rings. The Balaban J connectivity index is 0.687. The number of fused-ring (bicyclic) bond motifs is 1. The number of benzene rings is 4. The van der Waals surface area contributed by atoms with Gasteiger partial charge in [0.1, 0.15) is 0 Å². The number of ketones is 2. The zero-order chi connectivity index (χ0) is 45.2. The van der Waals surface area contributed by atoms with Crippen LogP contribution in [0.15, 0.2) is 60.7 Å². The number of rotatable bonds is 11. The lowest BCUT2D eigenvalue weighted by atomic mass is 9.44. The molecule has 2 spiro atoms. The Kier molecular flexibility index (Phi) is 8.67. The summed E-state index contributed by atoms with van der Waals surface area (Å²) < 4.78 is 25.2. The van der Waals surface area contributed by atoms with Crippen molar-refractivity contribution in [3.05, 3.63) is 94.0 Å². The minimum absolute atomic E-state index is 0.00337. The Morgan fingerprint density at radius 1 is 0.672 bits per heavy atom. The van der Waals surface area contributed by atoms with E-state index in [1.165, 1.54) is 25.7 Å². The quantitative estimate of drug-likeness (QED) is 0.125. The molecule has 3 heterocycles. The Hall–Kier alpha value is -5.14. The van der Waals surface area contributed by atoms with Gasteiger partial charge in [-0.05, 0) is 141 Å². The standard InChI is InChI=1S/C55H56N2O10/c58-39-14-17-54(62)37-25-34-9-11-41(48-46(34)52(54,50(39)66-48)16-13-38(37)56-27-29-1-2-29)64-44(60)23-31-5-7-33-8-6-32(22-36(33)21-31)24-45(61)65-42-12-10-35-26-43-55(63)18-15-40(59)51-53(55,47(35)49(42)67-51)19-20-57(43)28-30-3-4-30/h5-12,21-22,29-30,37-38,43,50-51,56,62-63H,1-4,13-20,23-28H2/t37-,38?,43+,50-,51-,52-,53-,54+,55+/m0/s1. The van der Waals surface area contributed by atoms with Crippen LogP contribution in [0.3, 0.4) is 0 Å². The van der Waals surface area contributed by atoms with Gasteiger partial charge in [-0.2, -0.15) is 0 Å². The second kappa shape index (κ2) is 14.2. The zero-order valence-electron chi connectivity index (χ0n) is 37.7. The summed E-state index contributed by atoms with van der Waals surface area (Å²) in [5.74, 6) is 1.81. The number of ether oxygens (including phenoxy) is 4. The first kappa shape index (κ1) is 40.9. The molecule has 4 bridgehead atoms. The Labute approximate surface area is 388 Å². The number of aliphatic hydroxyl groups is 2. The number of likely N-dealkylation sites (tertiary alicyclic amines) is 1. The number of carbonyl (C=O) groups is 4. The van der Waals surface area contributed by atoms with E-state index in [9.17, 15) is 29.4 Å². The maximum absolute atomic E-state index is 13.7. The number of piperidine rings is 1. The normalized spacial score (nSPS) is 34.8. The maximum atomic E-state index is 13.7. The van der Waals surface area contributed by atoms with Gasteiger partial charge in [-0.3, -0.25) is 24.1 Å². The van der Waals surface area contributed by atoms with E-state index in [1.54, 1.807) is 12.1 Å². The molecule has 4 aromatic carbocycles. The first-order chi connectivity index (χ1) is 32.5. The van der Waals surface area contributed by atoms with Gasteiger partial charge in [0.05, 0.1) is 34.9 Å². The average molecular weight is 905 g/mol. The van der Waals surface area contributed by atoms with Crippen LogP contribution in [0.1, 0.15) is 104 Å². The smallest absolute Gasteiger partial charge is 0.315 e. The summed E-state index contributed by atoms with van der Waals surface area (Å²) in [6.45, 7) is 2.74. The van der Waals surface area contributed by atoms with E-state index >= 15 is 0 Å². The predicted molar refractivity (Wildman–Crippen MR) is 243 cm³/mol. The lowest BCUT2D eigenvalue weighted by Crippen LogP contribution is -2.76. The van der Waals surface area contributed by atoms with E-state index < -0.39 is 46.2 Å². The topological polar surface area (TPSA) is 161 Å². The molecular formula is C55H56N2O10. The largest absolute Gasteiger partial charge is 0.477 e. The van der Waals surface area contributed by atoms with Crippen LogP contribution in [0.4, 0.5) is 0 Å². The van der Waals surface area contributed by atoms with Crippen molar-refractivity contribution in [3.63, 3.8) is 0 Å². The van der Waals surface area contributed by atoms with E-state index in [2.05, 4.69) is 10.2 Å². The van der Waals surface area contributed by atoms with Crippen molar-refractivity contribution in [2.24, 2.45) is 17.8 Å². The molecule has 0 aromatic heterocycles. The number of nitrogens with zero attached hydrogens (tertiary/aromatic N) is 1. The molecule has 346 valence electrons. The van der Waals surface area contributed by atoms with E-state index in [-0.39, 0.29) is 66.8 Å². The summed E-state index contributed by atoms with van der Waals surface area (Å²) in [5.41, 5.74) is 1.39. The summed E-state index contributed by atoms with van der Waals surface area (Å²) in [6, 6.07) is 19.2. The molecule has 0 amide bonds. The van der Waals surface area contributed by atoms with E-state index in [4.69, 9.17) is 18.9 Å². The van der Waals surface area contributed by atoms with Crippen molar-refractivity contribution >= 4 is 34.3 Å². The SMILES string of the molecule is O=C(Cc1ccc2ccc(CC(=O)Oc3ccc4c5c3O[C@H]3C(=O)CC[C@@]6(O)[C@@H](C4)N(CC4CC4)CC[C@]536)cc2c1)Oc1ccc2c3c1O[C@H]1C(=O)CC[C@@]4(O)[C@@H](C2)C(NCC2CC2)CC[C@]314. The van der Waals surface area contributed by atoms with Crippen LogP contribution in [-0.4, -0.2) is 93.7 Å². The molecule has 3 aliphatic heterocycles. The van der Waals surface area contributed by atoms with Crippen LogP contribution in [-0.2, 0) is 55.7 Å². The highest BCUT2D eigenvalue weighted by Gasteiger charge is 2.75. The number of nitrogens with one attached hydrogen (secondary N) is 1. The van der Waals surface area contributed by atoms with Crippen LogP contribution in [0.25, 0.3) is 10.8 Å². The van der Waals surface area contributed by atoms with E-state index in [1.807, 2.05) is 48.5 Å².